The smallest absolute Gasteiger partial charge is 0.174 e. The molecule has 0 spiro atoms. The molecule has 1 aliphatic carbocycles. The van der Waals surface area contributed by atoms with Gasteiger partial charge in [-0.2, -0.15) is 0 Å². The summed E-state index contributed by atoms with van der Waals surface area (Å²) in [5, 5.41) is 4.27. The van der Waals surface area contributed by atoms with Crippen LogP contribution in [-0.4, -0.2) is 34.5 Å². The van der Waals surface area contributed by atoms with E-state index in [1.54, 1.807) is 7.11 Å². The van der Waals surface area contributed by atoms with Crippen molar-refractivity contribution in [1.29, 1.82) is 0 Å². The average Bonchev–Trinajstić information content (AvgIpc) is 3.57. The average molecular weight is 491 g/mol. The predicted octanol–water partition coefficient (Wildman–Crippen LogP) is 5.64. The molecule has 1 saturated heterocycles. The maximum absolute atomic E-state index is 6.21. The SMILES string of the molecule is COCCn1c(C)cc([C@H]2[C@@H](c3ccccn3)NC(=S)N2c2ccc(OC3CCCC3)cc2)c1C. The third kappa shape index (κ3) is 4.80. The molecule has 0 unspecified atom stereocenters. The summed E-state index contributed by atoms with van der Waals surface area (Å²) in [7, 11) is 1.74. The van der Waals surface area contributed by atoms with E-state index in [2.05, 4.69) is 70.0 Å². The van der Waals surface area contributed by atoms with Gasteiger partial charge in [0.1, 0.15) is 5.75 Å². The van der Waals surface area contributed by atoms with Crippen LogP contribution in [0.5, 0.6) is 5.75 Å². The first kappa shape index (κ1) is 23.8. The third-order valence-electron chi connectivity index (χ3n) is 7.27. The molecule has 1 aliphatic heterocycles. The molecule has 6 nitrogen and oxygen atoms in total. The lowest BCUT2D eigenvalue weighted by Crippen LogP contribution is -2.29. The van der Waals surface area contributed by atoms with Crippen molar-refractivity contribution in [3.8, 4) is 5.75 Å². The number of pyridine rings is 1. The number of rotatable bonds is 8. The highest BCUT2D eigenvalue weighted by atomic mass is 32.1. The van der Waals surface area contributed by atoms with Gasteiger partial charge in [-0.25, -0.2) is 0 Å². The molecular formula is C28H34N4O2S. The maximum Gasteiger partial charge on any atom is 0.174 e. The fraction of sp³-hybridized carbons (Fsp3) is 0.429. The summed E-state index contributed by atoms with van der Waals surface area (Å²) >= 11 is 5.91. The minimum Gasteiger partial charge on any atom is -0.490 e. The molecule has 1 saturated carbocycles. The molecule has 35 heavy (non-hydrogen) atoms. The van der Waals surface area contributed by atoms with Gasteiger partial charge in [-0.1, -0.05) is 6.07 Å². The molecule has 0 bridgehead atoms. The zero-order valence-electron chi connectivity index (χ0n) is 20.7. The van der Waals surface area contributed by atoms with Crippen LogP contribution >= 0.6 is 12.2 Å². The van der Waals surface area contributed by atoms with Crippen molar-refractivity contribution in [2.75, 3.05) is 18.6 Å². The summed E-state index contributed by atoms with van der Waals surface area (Å²) < 4.78 is 13.9. The third-order valence-corrected chi connectivity index (χ3v) is 7.58. The second-order valence-corrected chi connectivity index (χ2v) is 9.87. The summed E-state index contributed by atoms with van der Waals surface area (Å²) in [6.45, 7) is 5.83. The second kappa shape index (κ2) is 10.4. The Bertz CT molecular complexity index is 1160. The molecule has 2 aliphatic rings. The largest absolute Gasteiger partial charge is 0.490 e. The van der Waals surface area contributed by atoms with E-state index in [-0.39, 0.29) is 12.1 Å². The van der Waals surface area contributed by atoms with Crippen LogP contribution in [0, 0.1) is 13.8 Å². The summed E-state index contributed by atoms with van der Waals surface area (Å²) in [5.41, 5.74) is 5.71. The van der Waals surface area contributed by atoms with Gasteiger partial charge in [0.2, 0.25) is 0 Å². The standard InChI is InChI=1S/C28H34N4O2S/c1-19-18-24(20(2)31(19)16-17-33-3)27-26(25-10-6-7-15-29-25)30-28(35)32(27)21-11-13-23(14-12-21)34-22-8-4-5-9-22/h6-7,10-15,18,22,26-27H,4-5,8-9,16-17H2,1-3H3,(H,30,35)/t26-,27+/m1/s1. The first-order valence-corrected chi connectivity index (χ1v) is 12.9. The molecule has 0 amide bonds. The Kier molecular flexibility index (Phi) is 7.07. The predicted molar refractivity (Wildman–Crippen MR) is 143 cm³/mol. The molecule has 2 atom stereocenters. The molecular weight excluding hydrogens is 456 g/mol. The number of ether oxygens (including phenoxy) is 2. The molecule has 2 aromatic heterocycles. The lowest BCUT2D eigenvalue weighted by atomic mass is 9.96. The van der Waals surface area contributed by atoms with Crippen molar-refractivity contribution >= 4 is 23.0 Å². The molecule has 3 aromatic rings. The first-order valence-electron chi connectivity index (χ1n) is 12.5. The Morgan fingerprint density at radius 3 is 2.54 bits per heavy atom. The van der Waals surface area contributed by atoms with Crippen molar-refractivity contribution < 1.29 is 9.47 Å². The molecule has 3 heterocycles. The zero-order valence-corrected chi connectivity index (χ0v) is 21.6. The summed E-state index contributed by atoms with van der Waals surface area (Å²) in [4.78, 5) is 6.92. The van der Waals surface area contributed by atoms with Gasteiger partial charge >= 0.3 is 0 Å². The summed E-state index contributed by atoms with van der Waals surface area (Å²) in [6.07, 6.45) is 7.00. The second-order valence-electron chi connectivity index (χ2n) is 9.49. The highest BCUT2D eigenvalue weighted by Gasteiger charge is 2.42. The Hall–Kier alpha value is -2.90. The Morgan fingerprint density at radius 1 is 1.09 bits per heavy atom. The van der Waals surface area contributed by atoms with Crippen LogP contribution in [0.2, 0.25) is 0 Å². The van der Waals surface area contributed by atoms with E-state index in [1.165, 1.54) is 29.8 Å². The molecule has 7 heteroatoms. The van der Waals surface area contributed by atoms with E-state index in [0.717, 1.165) is 36.5 Å². The zero-order chi connectivity index (χ0) is 24.4. The van der Waals surface area contributed by atoms with Gasteiger partial charge in [-0.15, -0.1) is 0 Å². The highest BCUT2D eigenvalue weighted by Crippen LogP contribution is 2.43. The summed E-state index contributed by atoms with van der Waals surface area (Å²) in [5.74, 6) is 0.925. The molecule has 1 aromatic carbocycles. The van der Waals surface area contributed by atoms with Crippen molar-refractivity contribution in [2.24, 2.45) is 0 Å². The van der Waals surface area contributed by atoms with Gasteiger partial charge < -0.3 is 24.3 Å². The topological polar surface area (TPSA) is 51.5 Å². The first-order chi connectivity index (χ1) is 17.1. The minimum atomic E-state index is -0.0607. The van der Waals surface area contributed by atoms with Crippen LogP contribution in [0.1, 0.15) is 60.4 Å². The molecule has 5 rings (SSSR count). The number of anilines is 1. The fourth-order valence-corrected chi connectivity index (χ4v) is 5.83. The number of aryl methyl sites for hydroxylation is 1. The van der Waals surface area contributed by atoms with E-state index >= 15 is 0 Å². The van der Waals surface area contributed by atoms with E-state index in [4.69, 9.17) is 21.7 Å². The molecule has 0 radical (unpaired) electrons. The van der Waals surface area contributed by atoms with E-state index in [9.17, 15) is 0 Å². The van der Waals surface area contributed by atoms with Crippen LogP contribution in [0.15, 0.2) is 54.7 Å². The van der Waals surface area contributed by atoms with Crippen LogP contribution in [0.4, 0.5) is 5.69 Å². The number of aromatic nitrogens is 2. The van der Waals surface area contributed by atoms with Gasteiger partial charge in [0.15, 0.2) is 5.11 Å². The van der Waals surface area contributed by atoms with Gasteiger partial charge in [0.05, 0.1) is 30.5 Å². The number of hydrogen-bond acceptors (Lipinski definition) is 4. The number of nitrogens with one attached hydrogen (secondary N) is 1. The number of nitrogens with zero attached hydrogens (tertiary/aromatic N) is 3. The maximum atomic E-state index is 6.21. The van der Waals surface area contributed by atoms with E-state index in [1.807, 2.05) is 18.3 Å². The fourth-order valence-electron chi connectivity index (χ4n) is 5.49. The quantitative estimate of drug-likeness (QED) is 0.412. The van der Waals surface area contributed by atoms with Crippen LogP contribution in [0.25, 0.3) is 0 Å². The van der Waals surface area contributed by atoms with Gasteiger partial charge in [-0.05, 0) is 99.8 Å². The number of hydrogen-bond donors (Lipinski definition) is 1. The summed E-state index contributed by atoms with van der Waals surface area (Å²) in [6, 6.07) is 16.6. The van der Waals surface area contributed by atoms with Crippen LogP contribution in [-0.2, 0) is 11.3 Å². The van der Waals surface area contributed by atoms with Crippen molar-refractivity contribution in [2.45, 2.75) is 64.3 Å². The van der Waals surface area contributed by atoms with Crippen LogP contribution < -0.4 is 15.0 Å². The number of thiocarbonyl (C=S) groups is 1. The van der Waals surface area contributed by atoms with Gasteiger partial charge in [0, 0.05) is 36.9 Å². The highest BCUT2D eigenvalue weighted by molar-refractivity contribution is 7.80. The van der Waals surface area contributed by atoms with Crippen molar-refractivity contribution in [3.05, 3.63) is 77.4 Å². The molecule has 2 fully saturated rings. The lowest BCUT2D eigenvalue weighted by molar-refractivity contribution is 0.186. The Balaban J connectivity index is 1.51. The minimum absolute atomic E-state index is 0.0264. The van der Waals surface area contributed by atoms with Gasteiger partial charge in [0.25, 0.3) is 0 Å². The van der Waals surface area contributed by atoms with E-state index < -0.39 is 0 Å². The van der Waals surface area contributed by atoms with Crippen molar-refractivity contribution in [3.63, 3.8) is 0 Å². The van der Waals surface area contributed by atoms with Crippen molar-refractivity contribution in [1.82, 2.24) is 14.9 Å². The number of benzene rings is 1. The number of methoxy groups -OCH3 is 1. The van der Waals surface area contributed by atoms with Crippen LogP contribution in [0.3, 0.4) is 0 Å². The normalized spacial score (nSPS) is 20.4. The molecule has 184 valence electrons. The molecule has 1 N–H and O–H groups in total. The Labute approximate surface area is 213 Å². The Morgan fingerprint density at radius 2 is 1.86 bits per heavy atom. The van der Waals surface area contributed by atoms with Gasteiger partial charge in [-0.3, -0.25) is 4.98 Å². The van der Waals surface area contributed by atoms with E-state index in [0.29, 0.717) is 17.8 Å². The lowest BCUT2D eigenvalue weighted by Gasteiger charge is -2.28. The monoisotopic (exact) mass is 490 g/mol.